The monoisotopic (exact) mass is 219 g/mol. The highest BCUT2D eigenvalue weighted by Gasteiger charge is 1.95. The van der Waals surface area contributed by atoms with Crippen molar-refractivity contribution in [2.75, 3.05) is 5.75 Å². The lowest BCUT2D eigenvalue weighted by Gasteiger charge is -2.02. The van der Waals surface area contributed by atoms with E-state index in [2.05, 4.69) is 37.3 Å². The van der Waals surface area contributed by atoms with E-state index in [0.717, 1.165) is 12.8 Å². The Bertz CT molecular complexity index is 310. The molecule has 0 saturated carbocycles. The Labute approximate surface area is 96.5 Å². The average molecular weight is 219 g/mol. The van der Waals surface area contributed by atoms with Gasteiger partial charge in [0.2, 0.25) is 0 Å². The molecule has 0 atom stereocenters. The number of unbranched alkanes of at least 4 members (excludes halogenated alkanes) is 1. The Morgan fingerprint density at radius 2 is 2.00 bits per heavy atom. The van der Waals surface area contributed by atoms with E-state index in [1.165, 1.54) is 22.6 Å². The minimum atomic E-state index is 0.659. The van der Waals surface area contributed by atoms with Crippen molar-refractivity contribution < 1.29 is 0 Å². The topological polar surface area (TPSA) is 23.8 Å². The Kier molecular flexibility index (Phi) is 5.96. The first-order valence-corrected chi connectivity index (χ1v) is 6.44. The Morgan fingerprint density at radius 3 is 2.60 bits per heavy atom. The zero-order valence-electron chi connectivity index (χ0n) is 9.20. The molecule has 0 amide bonds. The number of nitriles is 1. The fraction of sp³-hybridized carbons (Fsp3) is 0.462. The Balaban J connectivity index is 2.39. The zero-order chi connectivity index (χ0) is 10.9. The van der Waals surface area contributed by atoms with E-state index < -0.39 is 0 Å². The maximum atomic E-state index is 8.43. The first-order valence-electron chi connectivity index (χ1n) is 5.45. The molecule has 0 aromatic heterocycles. The third kappa shape index (κ3) is 4.90. The largest absolute Gasteiger partial charge is 0.198 e. The first kappa shape index (κ1) is 12.1. The van der Waals surface area contributed by atoms with Crippen molar-refractivity contribution in [3.05, 3.63) is 29.8 Å². The van der Waals surface area contributed by atoms with Gasteiger partial charge in [-0.1, -0.05) is 19.1 Å². The second-order valence-electron chi connectivity index (χ2n) is 3.50. The number of thioether (sulfide) groups is 1. The summed E-state index contributed by atoms with van der Waals surface area (Å²) in [6.07, 6.45) is 3.87. The van der Waals surface area contributed by atoms with Gasteiger partial charge in [-0.25, -0.2) is 0 Å². The summed E-state index contributed by atoms with van der Waals surface area (Å²) < 4.78 is 0. The summed E-state index contributed by atoms with van der Waals surface area (Å²) in [5.74, 6) is 1.19. The predicted molar refractivity (Wildman–Crippen MR) is 66.0 cm³/mol. The molecule has 0 radical (unpaired) electrons. The maximum Gasteiger partial charge on any atom is 0.0621 e. The number of hydrogen-bond acceptors (Lipinski definition) is 2. The van der Waals surface area contributed by atoms with Crippen LogP contribution in [0.5, 0.6) is 0 Å². The number of benzene rings is 1. The average Bonchev–Trinajstić information content (AvgIpc) is 2.28. The van der Waals surface area contributed by atoms with Gasteiger partial charge in [0, 0.05) is 11.3 Å². The summed E-state index contributed by atoms with van der Waals surface area (Å²) in [4.78, 5) is 1.35. The molecule has 0 N–H and O–H groups in total. The molecule has 1 aromatic carbocycles. The van der Waals surface area contributed by atoms with E-state index in [0.29, 0.717) is 6.42 Å². The molecule has 0 spiro atoms. The van der Waals surface area contributed by atoms with Crippen LogP contribution in [0.25, 0.3) is 0 Å². The second kappa shape index (κ2) is 7.36. The van der Waals surface area contributed by atoms with Crippen molar-refractivity contribution in [1.82, 2.24) is 0 Å². The molecule has 0 aliphatic heterocycles. The lowest BCUT2D eigenvalue weighted by Crippen LogP contribution is -1.84. The number of hydrogen-bond donors (Lipinski definition) is 0. The van der Waals surface area contributed by atoms with Gasteiger partial charge < -0.3 is 0 Å². The van der Waals surface area contributed by atoms with Crippen molar-refractivity contribution in [3.63, 3.8) is 0 Å². The molecule has 80 valence electrons. The fourth-order valence-electron chi connectivity index (χ4n) is 1.34. The maximum absolute atomic E-state index is 8.43. The second-order valence-corrected chi connectivity index (χ2v) is 4.67. The summed E-state index contributed by atoms with van der Waals surface area (Å²) in [5.41, 5.74) is 1.34. The van der Waals surface area contributed by atoms with E-state index in [1.54, 1.807) is 0 Å². The first-order chi connectivity index (χ1) is 7.36. The van der Waals surface area contributed by atoms with Crippen LogP contribution in [0.2, 0.25) is 0 Å². The Hall–Kier alpha value is -0.940. The molecule has 0 fully saturated rings. The van der Waals surface area contributed by atoms with Crippen molar-refractivity contribution in [2.24, 2.45) is 0 Å². The molecule has 0 heterocycles. The van der Waals surface area contributed by atoms with Gasteiger partial charge >= 0.3 is 0 Å². The van der Waals surface area contributed by atoms with Crippen molar-refractivity contribution in [1.29, 1.82) is 5.26 Å². The van der Waals surface area contributed by atoms with Crippen molar-refractivity contribution in [2.45, 2.75) is 37.5 Å². The predicted octanol–water partition coefficient (Wildman–Crippen LogP) is 4.03. The van der Waals surface area contributed by atoms with Crippen molar-refractivity contribution >= 4 is 11.8 Å². The van der Waals surface area contributed by atoms with Crippen LogP contribution >= 0.6 is 11.8 Å². The zero-order valence-corrected chi connectivity index (χ0v) is 10.0. The van der Waals surface area contributed by atoms with Gasteiger partial charge in [-0.2, -0.15) is 5.26 Å². The number of nitrogens with zero attached hydrogens (tertiary/aromatic N) is 1. The molecule has 1 rings (SSSR count). The van der Waals surface area contributed by atoms with Crippen LogP contribution in [-0.4, -0.2) is 5.75 Å². The van der Waals surface area contributed by atoms with Crippen LogP contribution in [0, 0.1) is 11.3 Å². The minimum absolute atomic E-state index is 0.659. The van der Waals surface area contributed by atoms with Gasteiger partial charge in [0.15, 0.2) is 0 Å². The third-order valence-corrected chi connectivity index (χ3v) is 3.37. The van der Waals surface area contributed by atoms with E-state index in [4.69, 9.17) is 5.26 Å². The van der Waals surface area contributed by atoms with Gasteiger partial charge in [-0.3, -0.25) is 0 Å². The molecule has 1 nitrogen and oxygen atoms in total. The van der Waals surface area contributed by atoms with Crippen LogP contribution in [0.4, 0.5) is 0 Å². The molecule has 0 saturated heterocycles. The number of rotatable bonds is 6. The molecule has 15 heavy (non-hydrogen) atoms. The normalized spacial score (nSPS) is 9.87. The Morgan fingerprint density at radius 1 is 1.27 bits per heavy atom. The molecular weight excluding hydrogens is 202 g/mol. The highest BCUT2D eigenvalue weighted by Crippen LogP contribution is 2.19. The quantitative estimate of drug-likeness (QED) is 0.532. The molecular formula is C13H17NS. The van der Waals surface area contributed by atoms with Crippen LogP contribution in [0.3, 0.4) is 0 Å². The summed E-state index contributed by atoms with van der Waals surface area (Å²) in [5, 5.41) is 8.43. The fourth-order valence-corrected chi connectivity index (χ4v) is 2.11. The molecule has 2 heteroatoms. The van der Waals surface area contributed by atoms with Crippen LogP contribution < -0.4 is 0 Å². The summed E-state index contributed by atoms with van der Waals surface area (Å²) >= 11 is 1.91. The third-order valence-electron chi connectivity index (χ3n) is 2.15. The van der Waals surface area contributed by atoms with Crippen LogP contribution in [-0.2, 0) is 6.42 Å². The summed E-state index contributed by atoms with van der Waals surface area (Å²) in [6, 6.07) is 10.9. The van der Waals surface area contributed by atoms with Crippen molar-refractivity contribution in [3.8, 4) is 6.07 Å². The molecule has 0 aliphatic rings. The van der Waals surface area contributed by atoms with E-state index in [-0.39, 0.29) is 0 Å². The molecule has 0 bridgehead atoms. The van der Waals surface area contributed by atoms with Gasteiger partial charge in [0.25, 0.3) is 0 Å². The lowest BCUT2D eigenvalue weighted by atomic mass is 10.1. The highest BCUT2D eigenvalue weighted by atomic mass is 32.2. The molecule has 0 unspecified atom stereocenters. The van der Waals surface area contributed by atoms with E-state index >= 15 is 0 Å². The molecule has 0 aliphatic carbocycles. The lowest BCUT2D eigenvalue weighted by molar-refractivity contribution is 0.849. The SMILES string of the molecule is CCCSc1ccc(CCCC#N)cc1. The summed E-state index contributed by atoms with van der Waals surface area (Å²) in [6.45, 7) is 2.20. The minimum Gasteiger partial charge on any atom is -0.198 e. The van der Waals surface area contributed by atoms with Gasteiger partial charge in [-0.15, -0.1) is 11.8 Å². The van der Waals surface area contributed by atoms with E-state index in [1.807, 2.05) is 11.8 Å². The smallest absolute Gasteiger partial charge is 0.0621 e. The standard InChI is InChI=1S/C13H17NS/c1-2-11-15-13-8-6-12(7-9-13)5-3-4-10-14/h6-9H,2-5,11H2,1H3. The number of aryl methyl sites for hydroxylation is 1. The summed E-state index contributed by atoms with van der Waals surface area (Å²) in [7, 11) is 0. The van der Waals surface area contributed by atoms with Gasteiger partial charge in [0.05, 0.1) is 6.07 Å². The highest BCUT2D eigenvalue weighted by molar-refractivity contribution is 7.99. The van der Waals surface area contributed by atoms with Crippen LogP contribution in [0.15, 0.2) is 29.2 Å². The van der Waals surface area contributed by atoms with Gasteiger partial charge in [-0.05, 0) is 42.7 Å². The van der Waals surface area contributed by atoms with E-state index in [9.17, 15) is 0 Å². The van der Waals surface area contributed by atoms with Crippen LogP contribution in [0.1, 0.15) is 31.7 Å². The molecule has 1 aromatic rings. The van der Waals surface area contributed by atoms with Gasteiger partial charge in [0.1, 0.15) is 0 Å².